The molecule has 32 heavy (non-hydrogen) atoms. The highest BCUT2D eigenvalue weighted by atomic mass is 35.5. The number of carboxylic acid groups (broad SMARTS) is 1. The first kappa shape index (κ1) is 24.3. The number of benzene rings is 2. The number of aliphatic hydroxyl groups is 1. The standard InChI is InChI=1S/C23H26Cl2N2O4Si/c1-23(2,3)32(4,5)31-16-9-6-14(7-10-16)21-17(13-28)20(22(29)30)26-27(21)19-11-8-15(24)12-18(19)25/h6-12,28H,13H2,1-5H3,(H,29,30). The van der Waals surface area contributed by atoms with Gasteiger partial charge in [0, 0.05) is 16.1 Å². The van der Waals surface area contributed by atoms with Crippen LogP contribution >= 0.6 is 23.2 Å². The molecule has 3 aromatic rings. The largest absolute Gasteiger partial charge is 0.544 e. The molecule has 9 heteroatoms. The van der Waals surface area contributed by atoms with Crippen LogP contribution in [0.4, 0.5) is 0 Å². The monoisotopic (exact) mass is 492 g/mol. The summed E-state index contributed by atoms with van der Waals surface area (Å²) >= 11 is 12.4. The quantitative estimate of drug-likeness (QED) is 0.387. The summed E-state index contributed by atoms with van der Waals surface area (Å²) in [5.74, 6) is -0.503. The van der Waals surface area contributed by atoms with E-state index in [9.17, 15) is 15.0 Å². The highest BCUT2D eigenvalue weighted by molar-refractivity contribution is 6.74. The summed E-state index contributed by atoms with van der Waals surface area (Å²) < 4.78 is 7.77. The Labute approximate surface area is 198 Å². The first-order valence-electron chi connectivity index (χ1n) is 10.1. The molecule has 0 spiro atoms. The first-order chi connectivity index (χ1) is 14.9. The number of aliphatic hydroxyl groups excluding tert-OH is 1. The van der Waals surface area contributed by atoms with Gasteiger partial charge in [-0.25, -0.2) is 9.48 Å². The van der Waals surface area contributed by atoms with Crippen LogP contribution in [-0.4, -0.2) is 34.3 Å². The van der Waals surface area contributed by atoms with Gasteiger partial charge in [0.05, 0.1) is 23.0 Å². The maximum Gasteiger partial charge on any atom is 0.356 e. The molecule has 6 nitrogen and oxygen atoms in total. The Morgan fingerprint density at radius 1 is 1.12 bits per heavy atom. The summed E-state index contributed by atoms with van der Waals surface area (Å²) in [6.07, 6.45) is 0. The van der Waals surface area contributed by atoms with Gasteiger partial charge in [-0.05, 0) is 60.6 Å². The smallest absolute Gasteiger partial charge is 0.356 e. The molecule has 2 N–H and O–H groups in total. The summed E-state index contributed by atoms with van der Waals surface area (Å²) in [7, 11) is -2.01. The molecule has 0 saturated heterocycles. The Bertz CT molecular complexity index is 1150. The molecule has 170 valence electrons. The van der Waals surface area contributed by atoms with Crippen molar-refractivity contribution in [3.63, 3.8) is 0 Å². The molecule has 0 aliphatic carbocycles. The van der Waals surface area contributed by atoms with Crippen LogP contribution in [0, 0.1) is 0 Å². The number of carboxylic acids is 1. The van der Waals surface area contributed by atoms with Gasteiger partial charge in [-0.15, -0.1) is 0 Å². The SMILES string of the molecule is CC(C)(C)[Si](C)(C)Oc1ccc(-c2c(CO)c(C(=O)O)nn2-c2ccc(Cl)cc2Cl)cc1. The van der Waals surface area contributed by atoms with Crippen molar-refractivity contribution in [2.75, 3.05) is 0 Å². The van der Waals surface area contributed by atoms with E-state index in [1.165, 1.54) is 4.68 Å². The van der Waals surface area contributed by atoms with Gasteiger partial charge in [-0.1, -0.05) is 44.0 Å². The van der Waals surface area contributed by atoms with Crippen LogP contribution in [0.2, 0.25) is 28.2 Å². The summed E-state index contributed by atoms with van der Waals surface area (Å²) in [5.41, 5.74) is 1.52. The van der Waals surface area contributed by atoms with Crippen LogP contribution in [0.1, 0.15) is 36.8 Å². The lowest BCUT2D eigenvalue weighted by Crippen LogP contribution is -2.43. The van der Waals surface area contributed by atoms with Crippen molar-refractivity contribution in [2.45, 2.75) is 45.5 Å². The lowest BCUT2D eigenvalue weighted by atomic mass is 10.1. The normalized spacial score (nSPS) is 12.1. The second kappa shape index (κ2) is 8.90. The van der Waals surface area contributed by atoms with Crippen molar-refractivity contribution in [1.82, 2.24) is 9.78 Å². The third-order valence-corrected chi connectivity index (χ3v) is 10.7. The van der Waals surface area contributed by atoms with Gasteiger partial charge in [0.2, 0.25) is 8.32 Å². The number of halogens is 2. The molecule has 0 bridgehead atoms. The number of rotatable bonds is 6. The molecule has 0 atom stereocenters. The lowest BCUT2D eigenvalue weighted by Gasteiger charge is -2.36. The van der Waals surface area contributed by atoms with E-state index in [-0.39, 0.29) is 16.3 Å². The number of hydrogen-bond acceptors (Lipinski definition) is 4. The molecule has 0 amide bonds. The Kier molecular flexibility index (Phi) is 6.77. The van der Waals surface area contributed by atoms with Crippen molar-refractivity contribution < 1.29 is 19.4 Å². The van der Waals surface area contributed by atoms with Crippen LogP contribution in [-0.2, 0) is 6.61 Å². The topological polar surface area (TPSA) is 84.6 Å². The highest BCUT2D eigenvalue weighted by Gasteiger charge is 2.39. The summed E-state index contributed by atoms with van der Waals surface area (Å²) in [4.78, 5) is 11.8. The molecule has 0 unspecified atom stereocenters. The Balaban J connectivity index is 2.13. The number of nitrogens with zero attached hydrogens (tertiary/aromatic N) is 2. The van der Waals surface area contributed by atoms with Crippen LogP contribution in [0.15, 0.2) is 42.5 Å². The lowest BCUT2D eigenvalue weighted by molar-refractivity contribution is 0.0686. The van der Waals surface area contributed by atoms with Crippen molar-refractivity contribution in [3.8, 4) is 22.7 Å². The molecular formula is C23H26Cl2N2O4Si. The average Bonchev–Trinajstić information content (AvgIpc) is 3.07. The number of carbonyl (C=O) groups is 1. The van der Waals surface area contributed by atoms with Gasteiger partial charge in [-0.3, -0.25) is 0 Å². The van der Waals surface area contributed by atoms with Crippen molar-refractivity contribution in [2.24, 2.45) is 0 Å². The molecule has 0 fully saturated rings. The summed E-state index contributed by atoms with van der Waals surface area (Å²) in [6, 6.07) is 12.2. The van der Waals surface area contributed by atoms with Crippen LogP contribution < -0.4 is 4.43 Å². The first-order valence-corrected chi connectivity index (χ1v) is 13.7. The van der Waals surface area contributed by atoms with Crippen LogP contribution in [0.3, 0.4) is 0 Å². The van der Waals surface area contributed by atoms with Gasteiger partial charge in [0.1, 0.15) is 5.75 Å². The van der Waals surface area contributed by atoms with E-state index in [4.69, 9.17) is 27.6 Å². The van der Waals surface area contributed by atoms with Crippen LogP contribution in [0.5, 0.6) is 5.75 Å². The van der Waals surface area contributed by atoms with E-state index in [1.807, 2.05) is 24.3 Å². The highest BCUT2D eigenvalue weighted by Crippen LogP contribution is 2.38. The van der Waals surface area contributed by atoms with Gasteiger partial charge in [0.15, 0.2) is 5.69 Å². The predicted octanol–water partition coefficient (Wildman–Crippen LogP) is 6.42. The molecule has 1 aromatic heterocycles. The predicted molar refractivity (Wildman–Crippen MR) is 130 cm³/mol. The second-order valence-electron chi connectivity index (χ2n) is 9.03. The molecule has 0 saturated carbocycles. The fourth-order valence-electron chi connectivity index (χ4n) is 3.02. The second-order valence-corrected chi connectivity index (χ2v) is 14.6. The van der Waals surface area contributed by atoms with E-state index in [1.54, 1.807) is 18.2 Å². The minimum absolute atomic E-state index is 0.0517. The van der Waals surface area contributed by atoms with Gasteiger partial charge in [-0.2, -0.15) is 5.10 Å². The Hall–Kier alpha value is -2.32. The van der Waals surface area contributed by atoms with Crippen molar-refractivity contribution >= 4 is 37.5 Å². The molecule has 2 aromatic carbocycles. The number of hydrogen-bond donors (Lipinski definition) is 2. The molecule has 0 radical (unpaired) electrons. The maximum atomic E-state index is 11.8. The van der Waals surface area contributed by atoms with Crippen molar-refractivity contribution in [3.05, 3.63) is 63.8 Å². The number of aromatic carboxylic acids is 1. The average molecular weight is 493 g/mol. The van der Waals surface area contributed by atoms with E-state index in [0.717, 1.165) is 5.75 Å². The Morgan fingerprint density at radius 2 is 1.75 bits per heavy atom. The summed E-state index contributed by atoms with van der Waals surface area (Å²) in [5, 5.41) is 24.7. The molecular weight excluding hydrogens is 467 g/mol. The molecule has 3 rings (SSSR count). The fourth-order valence-corrected chi connectivity index (χ4v) is 4.54. The van der Waals surface area contributed by atoms with E-state index >= 15 is 0 Å². The van der Waals surface area contributed by atoms with E-state index < -0.39 is 20.9 Å². The summed E-state index contributed by atoms with van der Waals surface area (Å²) in [6.45, 7) is 10.3. The minimum atomic E-state index is -2.01. The van der Waals surface area contributed by atoms with Crippen LogP contribution in [0.25, 0.3) is 16.9 Å². The van der Waals surface area contributed by atoms with E-state index in [2.05, 4.69) is 39.0 Å². The van der Waals surface area contributed by atoms with Gasteiger partial charge in [0.25, 0.3) is 0 Å². The molecule has 0 aliphatic rings. The zero-order valence-corrected chi connectivity index (χ0v) is 21.1. The zero-order valence-electron chi connectivity index (χ0n) is 18.6. The van der Waals surface area contributed by atoms with Gasteiger partial charge >= 0.3 is 5.97 Å². The zero-order chi connectivity index (χ0) is 23.8. The maximum absolute atomic E-state index is 11.8. The van der Waals surface area contributed by atoms with Gasteiger partial charge < -0.3 is 14.6 Å². The molecule has 0 aliphatic heterocycles. The Morgan fingerprint density at radius 3 is 2.25 bits per heavy atom. The third kappa shape index (κ3) is 4.71. The fraction of sp³-hybridized carbons (Fsp3) is 0.304. The van der Waals surface area contributed by atoms with E-state index in [0.29, 0.717) is 27.0 Å². The molecule has 1 heterocycles. The van der Waals surface area contributed by atoms with Crippen molar-refractivity contribution in [1.29, 1.82) is 0 Å². The minimum Gasteiger partial charge on any atom is -0.544 e. The third-order valence-electron chi connectivity index (χ3n) is 5.79. The number of aromatic nitrogens is 2.